The van der Waals surface area contributed by atoms with Crippen molar-refractivity contribution in [2.45, 2.75) is 24.2 Å². The van der Waals surface area contributed by atoms with Gasteiger partial charge in [-0.1, -0.05) is 12.1 Å². The van der Waals surface area contributed by atoms with Crippen LogP contribution in [0.15, 0.2) is 29.2 Å². The van der Waals surface area contributed by atoms with E-state index in [2.05, 4.69) is 35.8 Å². The lowest BCUT2D eigenvalue weighted by Crippen LogP contribution is -2.30. The second-order valence-corrected chi connectivity index (χ2v) is 5.15. The molecule has 1 atom stereocenters. The Morgan fingerprint density at radius 2 is 2.40 bits per heavy atom. The van der Waals surface area contributed by atoms with Crippen molar-refractivity contribution in [2.75, 3.05) is 19.3 Å². The van der Waals surface area contributed by atoms with Gasteiger partial charge in [0, 0.05) is 4.90 Å². The van der Waals surface area contributed by atoms with E-state index >= 15 is 0 Å². The second kappa shape index (κ2) is 5.57. The van der Waals surface area contributed by atoms with Gasteiger partial charge < -0.3 is 5.32 Å². The van der Waals surface area contributed by atoms with E-state index in [1.54, 1.807) is 0 Å². The SMILES string of the molecule is CSc1cccc(CC2CCCNC2)c1. The molecule has 0 radical (unpaired) electrons. The minimum Gasteiger partial charge on any atom is -0.316 e. The first-order valence-electron chi connectivity index (χ1n) is 5.72. The molecule has 1 aromatic rings. The first-order valence-corrected chi connectivity index (χ1v) is 6.94. The standard InChI is InChI=1S/C13H19NS/c1-15-13-6-2-4-11(9-13)8-12-5-3-7-14-10-12/h2,4,6,9,12,14H,3,5,7-8,10H2,1H3. The lowest BCUT2D eigenvalue weighted by atomic mass is 9.92. The summed E-state index contributed by atoms with van der Waals surface area (Å²) in [6.45, 7) is 2.41. The molecular formula is C13H19NS. The maximum Gasteiger partial charge on any atom is 0.00718 e. The fourth-order valence-electron chi connectivity index (χ4n) is 2.23. The van der Waals surface area contributed by atoms with Crippen LogP contribution < -0.4 is 5.32 Å². The van der Waals surface area contributed by atoms with Crippen molar-refractivity contribution < 1.29 is 0 Å². The van der Waals surface area contributed by atoms with E-state index in [0.717, 1.165) is 5.92 Å². The van der Waals surface area contributed by atoms with Gasteiger partial charge in [-0.3, -0.25) is 0 Å². The average molecular weight is 221 g/mol. The van der Waals surface area contributed by atoms with Crippen LogP contribution in [-0.2, 0) is 6.42 Å². The Bertz CT molecular complexity index is 305. The number of rotatable bonds is 3. The number of nitrogens with one attached hydrogen (secondary N) is 1. The molecule has 1 unspecified atom stereocenters. The predicted octanol–water partition coefficient (Wildman–Crippen LogP) is 2.95. The third-order valence-corrected chi connectivity index (χ3v) is 3.78. The largest absolute Gasteiger partial charge is 0.316 e. The Morgan fingerprint density at radius 1 is 1.47 bits per heavy atom. The van der Waals surface area contributed by atoms with Crippen LogP contribution in [0.3, 0.4) is 0 Å². The van der Waals surface area contributed by atoms with Crippen molar-refractivity contribution >= 4 is 11.8 Å². The zero-order valence-electron chi connectivity index (χ0n) is 9.33. The Morgan fingerprint density at radius 3 is 3.13 bits per heavy atom. The summed E-state index contributed by atoms with van der Waals surface area (Å²) >= 11 is 1.83. The molecule has 2 heteroatoms. The lowest BCUT2D eigenvalue weighted by molar-refractivity contribution is 0.376. The minimum atomic E-state index is 0.843. The van der Waals surface area contributed by atoms with Crippen LogP contribution in [-0.4, -0.2) is 19.3 Å². The summed E-state index contributed by atoms with van der Waals surface area (Å²) < 4.78 is 0. The van der Waals surface area contributed by atoms with E-state index in [4.69, 9.17) is 0 Å². The summed E-state index contributed by atoms with van der Waals surface area (Å²) in [6.07, 6.45) is 6.10. The first-order chi connectivity index (χ1) is 7.38. The van der Waals surface area contributed by atoms with Gasteiger partial charge in [0.2, 0.25) is 0 Å². The van der Waals surface area contributed by atoms with Gasteiger partial charge in [-0.05, 0) is 62.2 Å². The zero-order valence-corrected chi connectivity index (χ0v) is 10.1. The van der Waals surface area contributed by atoms with Crippen molar-refractivity contribution in [3.8, 4) is 0 Å². The molecule has 1 heterocycles. The van der Waals surface area contributed by atoms with Crippen molar-refractivity contribution in [2.24, 2.45) is 5.92 Å². The summed E-state index contributed by atoms with van der Waals surface area (Å²) in [5.41, 5.74) is 1.50. The maximum atomic E-state index is 3.48. The Hall–Kier alpha value is -0.470. The Kier molecular flexibility index (Phi) is 4.09. The molecule has 0 aliphatic carbocycles. The first kappa shape index (κ1) is 11.0. The number of thioether (sulfide) groups is 1. The average Bonchev–Trinajstić information content (AvgIpc) is 2.31. The fraction of sp³-hybridized carbons (Fsp3) is 0.538. The molecule has 1 aromatic carbocycles. The highest BCUT2D eigenvalue weighted by Gasteiger charge is 2.13. The number of hydrogen-bond acceptors (Lipinski definition) is 2. The molecule has 2 rings (SSSR count). The summed E-state index contributed by atoms with van der Waals surface area (Å²) in [6, 6.07) is 8.96. The molecule has 1 N–H and O–H groups in total. The van der Waals surface area contributed by atoms with Gasteiger partial charge in [-0.15, -0.1) is 11.8 Å². The molecule has 82 valence electrons. The van der Waals surface area contributed by atoms with Crippen LogP contribution in [0.4, 0.5) is 0 Å². The summed E-state index contributed by atoms with van der Waals surface area (Å²) in [7, 11) is 0. The van der Waals surface area contributed by atoms with E-state index in [9.17, 15) is 0 Å². The molecule has 0 amide bonds. The van der Waals surface area contributed by atoms with Gasteiger partial charge in [0.25, 0.3) is 0 Å². The molecule has 1 fully saturated rings. The smallest absolute Gasteiger partial charge is 0.00718 e. The highest BCUT2D eigenvalue weighted by molar-refractivity contribution is 7.98. The normalized spacial score (nSPS) is 21.5. The second-order valence-electron chi connectivity index (χ2n) is 4.27. The van der Waals surface area contributed by atoms with E-state index in [0.29, 0.717) is 0 Å². The summed E-state index contributed by atoms with van der Waals surface area (Å²) in [5, 5.41) is 3.48. The maximum absolute atomic E-state index is 3.48. The van der Waals surface area contributed by atoms with Crippen LogP contribution in [0.2, 0.25) is 0 Å². The fourth-order valence-corrected chi connectivity index (χ4v) is 2.71. The molecule has 0 saturated carbocycles. The molecule has 0 aromatic heterocycles. The third kappa shape index (κ3) is 3.25. The summed E-state index contributed by atoms with van der Waals surface area (Å²) in [4.78, 5) is 1.39. The topological polar surface area (TPSA) is 12.0 Å². The monoisotopic (exact) mass is 221 g/mol. The van der Waals surface area contributed by atoms with Crippen LogP contribution in [0, 0.1) is 5.92 Å². The van der Waals surface area contributed by atoms with Gasteiger partial charge in [0.15, 0.2) is 0 Å². The Balaban J connectivity index is 1.96. The lowest BCUT2D eigenvalue weighted by Gasteiger charge is -2.22. The van der Waals surface area contributed by atoms with Crippen LogP contribution in [0.25, 0.3) is 0 Å². The molecule has 15 heavy (non-hydrogen) atoms. The highest BCUT2D eigenvalue weighted by atomic mass is 32.2. The molecule has 1 aliphatic heterocycles. The molecule has 1 saturated heterocycles. The molecule has 0 bridgehead atoms. The van der Waals surface area contributed by atoms with Crippen molar-refractivity contribution in [1.29, 1.82) is 0 Å². The zero-order chi connectivity index (χ0) is 10.5. The van der Waals surface area contributed by atoms with Crippen LogP contribution in [0.5, 0.6) is 0 Å². The van der Waals surface area contributed by atoms with Gasteiger partial charge in [-0.2, -0.15) is 0 Å². The van der Waals surface area contributed by atoms with Crippen molar-refractivity contribution in [3.05, 3.63) is 29.8 Å². The van der Waals surface area contributed by atoms with E-state index in [1.807, 2.05) is 11.8 Å². The molecule has 1 nitrogen and oxygen atoms in total. The Labute approximate surface area is 96.7 Å². The molecular weight excluding hydrogens is 202 g/mol. The minimum absolute atomic E-state index is 0.843. The highest BCUT2D eigenvalue weighted by Crippen LogP contribution is 2.20. The number of hydrogen-bond donors (Lipinski definition) is 1. The quantitative estimate of drug-likeness (QED) is 0.788. The van der Waals surface area contributed by atoms with Gasteiger partial charge in [0.1, 0.15) is 0 Å². The van der Waals surface area contributed by atoms with Gasteiger partial charge in [-0.25, -0.2) is 0 Å². The number of piperidine rings is 1. The van der Waals surface area contributed by atoms with Crippen LogP contribution >= 0.6 is 11.8 Å². The predicted molar refractivity (Wildman–Crippen MR) is 67.5 cm³/mol. The van der Waals surface area contributed by atoms with Crippen LogP contribution in [0.1, 0.15) is 18.4 Å². The third-order valence-electron chi connectivity index (χ3n) is 3.06. The molecule has 1 aliphatic rings. The summed E-state index contributed by atoms with van der Waals surface area (Å²) in [5.74, 6) is 0.843. The van der Waals surface area contributed by atoms with Gasteiger partial charge >= 0.3 is 0 Å². The van der Waals surface area contributed by atoms with E-state index in [1.165, 1.54) is 42.8 Å². The number of benzene rings is 1. The van der Waals surface area contributed by atoms with Crippen molar-refractivity contribution in [3.63, 3.8) is 0 Å². The van der Waals surface area contributed by atoms with E-state index in [-0.39, 0.29) is 0 Å². The molecule has 0 spiro atoms. The van der Waals surface area contributed by atoms with E-state index < -0.39 is 0 Å². The van der Waals surface area contributed by atoms with Gasteiger partial charge in [0.05, 0.1) is 0 Å². The van der Waals surface area contributed by atoms with Crippen molar-refractivity contribution in [1.82, 2.24) is 5.32 Å².